The lowest BCUT2D eigenvalue weighted by Gasteiger charge is -2.44. The third-order valence-corrected chi connectivity index (χ3v) is 5.61. The van der Waals surface area contributed by atoms with Gasteiger partial charge in [0, 0.05) is 6.61 Å². The highest BCUT2D eigenvalue weighted by atomic mass is 16.5. The van der Waals surface area contributed by atoms with Crippen molar-refractivity contribution in [2.45, 2.75) is 70.5 Å². The summed E-state index contributed by atoms with van der Waals surface area (Å²) in [6.45, 7) is 5.06. The molecule has 1 aromatic carbocycles. The van der Waals surface area contributed by atoms with Crippen molar-refractivity contribution in [1.29, 1.82) is 0 Å². The number of hydrogen-bond donors (Lipinski definition) is 1. The van der Waals surface area contributed by atoms with E-state index in [4.69, 9.17) is 4.74 Å². The third-order valence-electron chi connectivity index (χ3n) is 5.61. The van der Waals surface area contributed by atoms with Gasteiger partial charge in [0.2, 0.25) is 0 Å². The normalized spacial score (nSPS) is 26.7. The quantitative estimate of drug-likeness (QED) is 0.870. The van der Waals surface area contributed by atoms with Gasteiger partial charge in [0.1, 0.15) is 0 Å². The first kappa shape index (κ1) is 15.1. The third kappa shape index (κ3) is 3.17. The van der Waals surface area contributed by atoms with Gasteiger partial charge in [0.15, 0.2) is 0 Å². The molecular formula is C19H28O2. The van der Waals surface area contributed by atoms with Crippen LogP contribution in [0.25, 0.3) is 0 Å². The summed E-state index contributed by atoms with van der Waals surface area (Å²) >= 11 is 0. The molecule has 0 amide bonds. The number of benzene rings is 1. The van der Waals surface area contributed by atoms with E-state index in [1.165, 1.54) is 43.2 Å². The Morgan fingerprint density at radius 2 is 1.90 bits per heavy atom. The van der Waals surface area contributed by atoms with E-state index in [2.05, 4.69) is 32.0 Å². The van der Waals surface area contributed by atoms with Crippen LogP contribution < -0.4 is 0 Å². The van der Waals surface area contributed by atoms with E-state index < -0.39 is 0 Å². The molecule has 0 radical (unpaired) electrons. The number of ether oxygens (including phenoxy) is 1. The Morgan fingerprint density at radius 3 is 2.62 bits per heavy atom. The van der Waals surface area contributed by atoms with Gasteiger partial charge < -0.3 is 9.84 Å². The Hall–Kier alpha value is -0.860. The van der Waals surface area contributed by atoms with E-state index in [-0.39, 0.29) is 11.7 Å². The van der Waals surface area contributed by atoms with Gasteiger partial charge >= 0.3 is 0 Å². The highest BCUT2D eigenvalue weighted by molar-refractivity contribution is 5.31. The SMILES string of the molecule is Cc1ccc(C(O)C2CCOC3(CCCCC3)C2)cc1C. The second-order valence-electron chi connectivity index (χ2n) is 7.13. The van der Waals surface area contributed by atoms with Crippen LogP contribution in [0, 0.1) is 19.8 Å². The van der Waals surface area contributed by atoms with E-state index >= 15 is 0 Å². The summed E-state index contributed by atoms with van der Waals surface area (Å²) in [6.07, 6.45) is 7.95. The van der Waals surface area contributed by atoms with Crippen LogP contribution in [0.4, 0.5) is 0 Å². The van der Waals surface area contributed by atoms with Crippen LogP contribution in [0.2, 0.25) is 0 Å². The van der Waals surface area contributed by atoms with E-state index in [0.717, 1.165) is 25.0 Å². The number of aliphatic hydroxyl groups is 1. The first-order valence-electron chi connectivity index (χ1n) is 8.49. The van der Waals surface area contributed by atoms with E-state index in [1.54, 1.807) is 0 Å². The number of aryl methyl sites for hydroxylation is 2. The average molecular weight is 288 g/mol. The molecule has 1 saturated carbocycles. The molecule has 2 atom stereocenters. The van der Waals surface area contributed by atoms with Crippen molar-refractivity contribution >= 4 is 0 Å². The summed E-state index contributed by atoms with van der Waals surface area (Å²) in [5.41, 5.74) is 3.71. The minimum Gasteiger partial charge on any atom is -0.388 e. The molecule has 1 N–H and O–H groups in total. The van der Waals surface area contributed by atoms with Gasteiger partial charge in [-0.15, -0.1) is 0 Å². The predicted molar refractivity (Wildman–Crippen MR) is 85.4 cm³/mol. The van der Waals surface area contributed by atoms with Crippen LogP contribution in [0.5, 0.6) is 0 Å². The minimum atomic E-state index is -0.341. The summed E-state index contributed by atoms with van der Waals surface area (Å²) in [5.74, 6) is 0.346. The standard InChI is InChI=1S/C19H28O2/c1-14-6-7-16(12-15(14)2)18(20)17-8-11-21-19(13-17)9-4-3-5-10-19/h6-7,12,17-18,20H,3-5,8-11,13H2,1-2H3. The first-order valence-corrected chi connectivity index (χ1v) is 8.49. The number of hydrogen-bond acceptors (Lipinski definition) is 2. The molecule has 1 aromatic rings. The van der Waals surface area contributed by atoms with Crippen LogP contribution in [-0.4, -0.2) is 17.3 Å². The molecule has 0 bridgehead atoms. The molecule has 2 nitrogen and oxygen atoms in total. The van der Waals surface area contributed by atoms with Crippen LogP contribution in [0.1, 0.15) is 67.7 Å². The predicted octanol–water partition coefficient (Wildman–Crippen LogP) is 4.47. The second-order valence-corrected chi connectivity index (χ2v) is 7.13. The van der Waals surface area contributed by atoms with Crippen LogP contribution >= 0.6 is 0 Å². The Balaban J connectivity index is 1.74. The maximum absolute atomic E-state index is 10.8. The fourth-order valence-corrected chi connectivity index (χ4v) is 4.10. The Labute approximate surface area is 128 Å². The minimum absolute atomic E-state index is 0.0713. The summed E-state index contributed by atoms with van der Waals surface area (Å²) in [5, 5.41) is 10.8. The fraction of sp³-hybridized carbons (Fsp3) is 0.684. The van der Waals surface area contributed by atoms with Gasteiger partial charge in [-0.25, -0.2) is 0 Å². The van der Waals surface area contributed by atoms with Gasteiger partial charge in [0.25, 0.3) is 0 Å². The molecular weight excluding hydrogens is 260 g/mol. The van der Waals surface area contributed by atoms with Crippen molar-refractivity contribution in [1.82, 2.24) is 0 Å². The lowest BCUT2D eigenvalue weighted by molar-refractivity contribution is -0.134. The largest absolute Gasteiger partial charge is 0.388 e. The Bertz CT molecular complexity index is 483. The molecule has 1 aliphatic carbocycles. The second kappa shape index (κ2) is 6.10. The first-order chi connectivity index (χ1) is 10.1. The molecule has 1 saturated heterocycles. The molecule has 3 rings (SSSR count). The summed E-state index contributed by atoms with van der Waals surface area (Å²) < 4.78 is 6.15. The highest BCUT2D eigenvalue weighted by Gasteiger charge is 2.40. The Morgan fingerprint density at radius 1 is 1.14 bits per heavy atom. The van der Waals surface area contributed by atoms with Gasteiger partial charge in [0.05, 0.1) is 11.7 Å². The molecule has 116 valence electrons. The molecule has 2 aliphatic rings. The summed E-state index contributed by atoms with van der Waals surface area (Å²) in [4.78, 5) is 0. The van der Waals surface area contributed by atoms with E-state index in [9.17, 15) is 5.11 Å². The summed E-state index contributed by atoms with van der Waals surface area (Å²) in [7, 11) is 0. The average Bonchev–Trinajstić information content (AvgIpc) is 2.50. The zero-order chi connectivity index (χ0) is 14.9. The monoisotopic (exact) mass is 288 g/mol. The van der Waals surface area contributed by atoms with Gasteiger partial charge in [-0.05, 0) is 62.1 Å². The zero-order valence-corrected chi connectivity index (χ0v) is 13.4. The van der Waals surface area contributed by atoms with E-state index in [0.29, 0.717) is 5.92 Å². The lowest BCUT2D eigenvalue weighted by Crippen LogP contribution is -2.42. The lowest BCUT2D eigenvalue weighted by atomic mass is 9.73. The van der Waals surface area contributed by atoms with Gasteiger partial charge in [-0.2, -0.15) is 0 Å². The van der Waals surface area contributed by atoms with Crippen molar-refractivity contribution in [3.05, 3.63) is 34.9 Å². The molecule has 1 aliphatic heterocycles. The van der Waals surface area contributed by atoms with Crippen molar-refractivity contribution in [2.75, 3.05) is 6.61 Å². The zero-order valence-electron chi connectivity index (χ0n) is 13.4. The van der Waals surface area contributed by atoms with Crippen LogP contribution in [-0.2, 0) is 4.74 Å². The molecule has 2 fully saturated rings. The smallest absolute Gasteiger partial charge is 0.0820 e. The molecule has 2 unspecified atom stereocenters. The van der Waals surface area contributed by atoms with Crippen molar-refractivity contribution in [3.63, 3.8) is 0 Å². The highest BCUT2D eigenvalue weighted by Crippen LogP contribution is 2.44. The van der Waals surface area contributed by atoms with Crippen molar-refractivity contribution in [3.8, 4) is 0 Å². The Kier molecular flexibility index (Phi) is 4.37. The fourth-order valence-electron chi connectivity index (χ4n) is 4.10. The molecule has 1 spiro atoms. The maximum Gasteiger partial charge on any atom is 0.0820 e. The molecule has 1 heterocycles. The molecule has 21 heavy (non-hydrogen) atoms. The van der Waals surface area contributed by atoms with Crippen LogP contribution in [0.3, 0.4) is 0 Å². The molecule has 0 aromatic heterocycles. The van der Waals surface area contributed by atoms with Crippen LogP contribution in [0.15, 0.2) is 18.2 Å². The number of aliphatic hydroxyl groups excluding tert-OH is 1. The maximum atomic E-state index is 10.8. The van der Waals surface area contributed by atoms with Crippen molar-refractivity contribution in [2.24, 2.45) is 5.92 Å². The van der Waals surface area contributed by atoms with Gasteiger partial charge in [-0.3, -0.25) is 0 Å². The topological polar surface area (TPSA) is 29.5 Å². The van der Waals surface area contributed by atoms with Gasteiger partial charge in [-0.1, -0.05) is 37.5 Å². The molecule has 2 heteroatoms. The van der Waals surface area contributed by atoms with E-state index in [1.807, 2.05) is 0 Å². The number of rotatable bonds is 2. The van der Waals surface area contributed by atoms with Crippen molar-refractivity contribution < 1.29 is 9.84 Å². The summed E-state index contributed by atoms with van der Waals surface area (Å²) in [6, 6.07) is 6.38.